The standard InChI is InChI=1S/C10H12N2O4S/c1-16-9-4-2-8(3-5-9)6-12-7-10(13)11-17(12,14)15/h2-5,7,11,13H,6H2,1H3. The van der Waals surface area contributed by atoms with Crippen LogP contribution in [0.15, 0.2) is 36.3 Å². The second-order valence-corrected chi connectivity index (χ2v) is 5.14. The van der Waals surface area contributed by atoms with Gasteiger partial charge in [-0.1, -0.05) is 12.1 Å². The number of methoxy groups -OCH3 is 1. The lowest BCUT2D eigenvalue weighted by Gasteiger charge is -2.13. The predicted molar refractivity (Wildman–Crippen MR) is 61.3 cm³/mol. The highest BCUT2D eigenvalue weighted by Crippen LogP contribution is 2.17. The Kier molecular flexibility index (Phi) is 2.84. The molecule has 0 unspecified atom stereocenters. The summed E-state index contributed by atoms with van der Waals surface area (Å²) in [7, 11) is -2.08. The van der Waals surface area contributed by atoms with Crippen LogP contribution in [0, 0.1) is 0 Å². The summed E-state index contributed by atoms with van der Waals surface area (Å²) in [6.07, 6.45) is 1.14. The van der Waals surface area contributed by atoms with Crippen LogP contribution in [0.3, 0.4) is 0 Å². The van der Waals surface area contributed by atoms with Crippen LogP contribution in [0.1, 0.15) is 5.56 Å². The first-order chi connectivity index (χ1) is 8.01. The van der Waals surface area contributed by atoms with E-state index in [4.69, 9.17) is 9.84 Å². The van der Waals surface area contributed by atoms with Crippen LogP contribution in [0.4, 0.5) is 0 Å². The van der Waals surface area contributed by atoms with Gasteiger partial charge >= 0.3 is 10.2 Å². The van der Waals surface area contributed by atoms with E-state index in [9.17, 15) is 8.42 Å². The van der Waals surface area contributed by atoms with Crippen LogP contribution in [-0.2, 0) is 16.8 Å². The zero-order chi connectivity index (χ0) is 12.5. The third-order valence-electron chi connectivity index (χ3n) is 2.31. The Morgan fingerprint density at radius 3 is 2.47 bits per heavy atom. The molecule has 0 fully saturated rings. The van der Waals surface area contributed by atoms with E-state index in [-0.39, 0.29) is 12.4 Å². The van der Waals surface area contributed by atoms with Crippen molar-refractivity contribution in [2.24, 2.45) is 0 Å². The number of benzene rings is 1. The summed E-state index contributed by atoms with van der Waals surface area (Å²) in [5, 5.41) is 9.10. The van der Waals surface area contributed by atoms with E-state index in [1.807, 2.05) is 4.72 Å². The zero-order valence-electron chi connectivity index (χ0n) is 9.12. The molecule has 0 aromatic heterocycles. The van der Waals surface area contributed by atoms with Crippen molar-refractivity contribution in [2.45, 2.75) is 6.54 Å². The molecule has 0 radical (unpaired) electrons. The van der Waals surface area contributed by atoms with E-state index in [1.54, 1.807) is 31.4 Å². The van der Waals surface area contributed by atoms with Gasteiger partial charge in [0.15, 0.2) is 0 Å². The first-order valence-corrected chi connectivity index (χ1v) is 6.28. The molecule has 0 bridgehead atoms. The lowest BCUT2D eigenvalue weighted by Crippen LogP contribution is -2.29. The highest BCUT2D eigenvalue weighted by Gasteiger charge is 2.26. The predicted octanol–water partition coefficient (Wildman–Crippen LogP) is 0.702. The summed E-state index contributed by atoms with van der Waals surface area (Å²) in [4.78, 5) is 0. The summed E-state index contributed by atoms with van der Waals surface area (Å²) in [5.41, 5.74) is 0.794. The van der Waals surface area contributed by atoms with Crippen molar-refractivity contribution in [2.75, 3.05) is 7.11 Å². The molecule has 0 atom stereocenters. The molecular formula is C10H12N2O4S. The van der Waals surface area contributed by atoms with Crippen molar-refractivity contribution >= 4 is 10.2 Å². The van der Waals surface area contributed by atoms with Gasteiger partial charge in [-0.25, -0.2) is 4.72 Å². The molecule has 7 heteroatoms. The maximum Gasteiger partial charge on any atom is 0.326 e. The van der Waals surface area contributed by atoms with Crippen molar-refractivity contribution in [3.05, 3.63) is 41.9 Å². The minimum Gasteiger partial charge on any atom is -0.497 e. The van der Waals surface area contributed by atoms with E-state index < -0.39 is 10.2 Å². The molecular weight excluding hydrogens is 244 g/mol. The quantitative estimate of drug-likeness (QED) is 0.834. The Hall–Kier alpha value is -1.89. The molecule has 0 saturated carbocycles. The second-order valence-electron chi connectivity index (χ2n) is 3.51. The second kappa shape index (κ2) is 4.17. The van der Waals surface area contributed by atoms with E-state index >= 15 is 0 Å². The monoisotopic (exact) mass is 256 g/mol. The highest BCUT2D eigenvalue weighted by atomic mass is 32.2. The van der Waals surface area contributed by atoms with E-state index in [0.717, 1.165) is 16.1 Å². The molecule has 0 saturated heterocycles. The Bertz CT molecular complexity index is 536. The summed E-state index contributed by atoms with van der Waals surface area (Å²) in [6, 6.07) is 7.01. The Labute approximate surface area is 99.3 Å². The van der Waals surface area contributed by atoms with Crippen molar-refractivity contribution in [3.8, 4) is 5.75 Å². The molecule has 1 aromatic rings. The van der Waals surface area contributed by atoms with E-state index in [1.165, 1.54) is 0 Å². The Balaban J connectivity index is 2.15. The maximum absolute atomic E-state index is 11.5. The van der Waals surface area contributed by atoms with Gasteiger partial charge in [-0.15, -0.1) is 0 Å². The van der Waals surface area contributed by atoms with Crippen LogP contribution >= 0.6 is 0 Å². The average molecular weight is 256 g/mol. The molecule has 92 valence electrons. The summed E-state index contributed by atoms with van der Waals surface area (Å²) >= 11 is 0. The van der Waals surface area contributed by atoms with Gasteiger partial charge in [0.1, 0.15) is 5.75 Å². The molecule has 1 aromatic carbocycles. The van der Waals surface area contributed by atoms with Gasteiger partial charge in [0.2, 0.25) is 5.88 Å². The molecule has 1 heterocycles. The molecule has 0 aliphatic carbocycles. The number of nitrogens with one attached hydrogen (secondary N) is 1. The SMILES string of the molecule is COc1ccc(CN2C=C(O)NS2(=O)=O)cc1. The number of rotatable bonds is 3. The van der Waals surface area contributed by atoms with Gasteiger partial charge in [0.25, 0.3) is 0 Å². The van der Waals surface area contributed by atoms with Gasteiger partial charge in [-0.2, -0.15) is 8.42 Å². The first-order valence-electron chi connectivity index (χ1n) is 4.84. The third-order valence-corrected chi connectivity index (χ3v) is 3.63. The number of aliphatic hydroxyl groups excluding tert-OH is 1. The fourth-order valence-corrected chi connectivity index (χ4v) is 2.46. The van der Waals surface area contributed by atoms with Crippen LogP contribution in [0.5, 0.6) is 5.75 Å². The third kappa shape index (κ3) is 2.44. The summed E-state index contributed by atoms with van der Waals surface area (Å²) in [5.74, 6) is 0.327. The molecule has 1 aliphatic heterocycles. The van der Waals surface area contributed by atoms with Crippen LogP contribution < -0.4 is 9.46 Å². The first kappa shape index (κ1) is 11.6. The van der Waals surface area contributed by atoms with Gasteiger partial charge < -0.3 is 9.84 Å². The summed E-state index contributed by atoms with van der Waals surface area (Å²) < 4.78 is 31.0. The average Bonchev–Trinajstić information content (AvgIpc) is 2.53. The number of hydrogen-bond donors (Lipinski definition) is 2. The number of aliphatic hydroxyl groups is 1. The number of ether oxygens (including phenoxy) is 1. The lowest BCUT2D eigenvalue weighted by atomic mass is 10.2. The highest BCUT2D eigenvalue weighted by molar-refractivity contribution is 7.87. The zero-order valence-corrected chi connectivity index (χ0v) is 9.94. The topological polar surface area (TPSA) is 78.9 Å². The fourth-order valence-electron chi connectivity index (χ4n) is 1.46. The number of hydrogen-bond acceptors (Lipinski definition) is 4. The van der Waals surface area contributed by atoms with Gasteiger partial charge in [0, 0.05) is 0 Å². The largest absolute Gasteiger partial charge is 0.497 e. The van der Waals surface area contributed by atoms with Gasteiger partial charge in [0.05, 0.1) is 19.9 Å². The summed E-state index contributed by atoms with van der Waals surface area (Å²) in [6.45, 7) is 0.156. The fraction of sp³-hybridized carbons (Fsp3) is 0.200. The Morgan fingerprint density at radius 1 is 1.35 bits per heavy atom. The number of nitrogens with zero attached hydrogens (tertiary/aromatic N) is 1. The maximum atomic E-state index is 11.5. The van der Waals surface area contributed by atoms with Gasteiger partial charge in [-0.3, -0.25) is 4.31 Å². The minimum atomic E-state index is -3.64. The lowest BCUT2D eigenvalue weighted by molar-refractivity contribution is 0.390. The molecule has 2 rings (SSSR count). The van der Waals surface area contributed by atoms with Gasteiger partial charge in [-0.05, 0) is 17.7 Å². The van der Waals surface area contributed by atoms with Crippen molar-refractivity contribution in [1.82, 2.24) is 9.03 Å². The van der Waals surface area contributed by atoms with E-state index in [0.29, 0.717) is 5.75 Å². The normalized spacial score (nSPS) is 17.5. The van der Waals surface area contributed by atoms with E-state index in [2.05, 4.69) is 0 Å². The van der Waals surface area contributed by atoms with Crippen molar-refractivity contribution in [3.63, 3.8) is 0 Å². The Morgan fingerprint density at radius 2 is 2.00 bits per heavy atom. The minimum absolute atomic E-state index is 0.156. The molecule has 0 amide bonds. The van der Waals surface area contributed by atoms with Crippen molar-refractivity contribution in [1.29, 1.82) is 0 Å². The van der Waals surface area contributed by atoms with Crippen LogP contribution in [-0.4, -0.2) is 24.9 Å². The molecule has 0 spiro atoms. The smallest absolute Gasteiger partial charge is 0.326 e. The molecule has 2 N–H and O–H groups in total. The molecule has 1 aliphatic rings. The van der Waals surface area contributed by atoms with Crippen LogP contribution in [0.2, 0.25) is 0 Å². The molecule has 6 nitrogen and oxygen atoms in total. The molecule has 17 heavy (non-hydrogen) atoms. The van der Waals surface area contributed by atoms with Crippen LogP contribution in [0.25, 0.3) is 0 Å². The van der Waals surface area contributed by atoms with Crippen molar-refractivity contribution < 1.29 is 18.3 Å².